The molecule has 1 aromatic carbocycles. The average Bonchev–Trinajstić information content (AvgIpc) is 2.48. The largest absolute Gasteiger partial charge is 0.477 e. The lowest BCUT2D eigenvalue weighted by atomic mass is 9.96. The number of nitrogen functional groups attached to an aromatic ring is 1. The Bertz CT molecular complexity index is 752. The third kappa shape index (κ3) is 2.63. The van der Waals surface area contributed by atoms with E-state index in [1.165, 1.54) is 0 Å². The first kappa shape index (κ1) is 14.4. The minimum absolute atomic E-state index is 0.0653. The molecule has 0 saturated heterocycles. The van der Waals surface area contributed by atoms with Gasteiger partial charge in [0.15, 0.2) is 0 Å². The van der Waals surface area contributed by atoms with Gasteiger partial charge in [0, 0.05) is 5.56 Å². The number of ether oxygens (including phenoxy) is 1. The Balaban J connectivity index is 2.81. The lowest BCUT2D eigenvalue weighted by Gasteiger charge is -2.13. The molecule has 5 heteroatoms. The molecule has 21 heavy (non-hydrogen) atoms. The van der Waals surface area contributed by atoms with Gasteiger partial charge >= 0.3 is 0 Å². The van der Waals surface area contributed by atoms with Crippen LogP contribution in [0.1, 0.15) is 23.6 Å². The molecule has 0 amide bonds. The third-order valence-electron chi connectivity index (χ3n) is 3.04. The zero-order valence-corrected chi connectivity index (χ0v) is 11.8. The van der Waals surface area contributed by atoms with E-state index in [9.17, 15) is 10.5 Å². The number of nitriles is 2. The van der Waals surface area contributed by atoms with Gasteiger partial charge in [0.05, 0.1) is 6.61 Å². The van der Waals surface area contributed by atoms with Crippen LogP contribution in [0.2, 0.25) is 0 Å². The highest BCUT2D eigenvalue weighted by molar-refractivity contribution is 5.82. The summed E-state index contributed by atoms with van der Waals surface area (Å²) >= 11 is 0. The van der Waals surface area contributed by atoms with Gasteiger partial charge in [0.1, 0.15) is 29.1 Å². The summed E-state index contributed by atoms with van der Waals surface area (Å²) in [5, 5.41) is 18.8. The van der Waals surface area contributed by atoms with E-state index in [4.69, 9.17) is 10.5 Å². The van der Waals surface area contributed by atoms with Crippen LogP contribution in [0.5, 0.6) is 5.88 Å². The summed E-state index contributed by atoms with van der Waals surface area (Å²) in [7, 11) is 0. The van der Waals surface area contributed by atoms with Gasteiger partial charge < -0.3 is 10.5 Å². The Labute approximate surface area is 123 Å². The van der Waals surface area contributed by atoms with Gasteiger partial charge in [-0.2, -0.15) is 15.5 Å². The number of benzene rings is 1. The fourth-order valence-electron chi connectivity index (χ4n) is 2.05. The second-order valence-corrected chi connectivity index (χ2v) is 4.45. The molecule has 0 atom stereocenters. The van der Waals surface area contributed by atoms with Crippen molar-refractivity contribution in [1.82, 2.24) is 4.98 Å². The first-order valence-corrected chi connectivity index (χ1v) is 6.45. The molecule has 0 aliphatic rings. The summed E-state index contributed by atoms with van der Waals surface area (Å²) in [6.07, 6.45) is 0. The standard InChI is InChI=1S/C16H14N4O/c1-3-21-16-13(9-18)14(12(8-17)15(19)20-16)11-6-4-10(2)5-7-11/h4-7H,3H2,1-2H3,(H2,19,20). The minimum Gasteiger partial charge on any atom is -0.477 e. The topological polar surface area (TPSA) is 95.7 Å². The molecule has 1 aromatic heterocycles. The molecule has 0 bridgehead atoms. The minimum atomic E-state index is 0.0653. The van der Waals surface area contributed by atoms with Crippen molar-refractivity contribution in [3.8, 4) is 29.1 Å². The van der Waals surface area contributed by atoms with Crippen molar-refractivity contribution in [2.45, 2.75) is 13.8 Å². The van der Waals surface area contributed by atoms with E-state index in [1.54, 1.807) is 6.92 Å². The Hall–Kier alpha value is -3.05. The fourth-order valence-corrected chi connectivity index (χ4v) is 2.05. The number of hydrogen-bond donors (Lipinski definition) is 1. The number of anilines is 1. The molecule has 0 unspecified atom stereocenters. The average molecular weight is 278 g/mol. The van der Waals surface area contributed by atoms with Crippen molar-refractivity contribution in [3.05, 3.63) is 41.0 Å². The molecule has 5 nitrogen and oxygen atoms in total. The molecule has 0 spiro atoms. The van der Waals surface area contributed by atoms with Crippen molar-refractivity contribution >= 4 is 5.82 Å². The molecule has 1 heterocycles. The van der Waals surface area contributed by atoms with Crippen molar-refractivity contribution in [2.75, 3.05) is 12.3 Å². The summed E-state index contributed by atoms with van der Waals surface area (Å²) in [6.45, 7) is 4.12. The second-order valence-electron chi connectivity index (χ2n) is 4.45. The number of rotatable bonds is 3. The number of aryl methyl sites for hydroxylation is 1. The third-order valence-corrected chi connectivity index (χ3v) is 3.04. The molecule has 0 radical (unpaired) electrons. The molecule has 0 fully saturated rings. The first-order valence-electron chi connectivity index (χ1n) is 6.45. The lowest BCUT2D eigenvalue weighted by Crippen LogP contribution is -2.05. The predicted octanol–water partition coefficient (Wildman–Crippen LogP) is 2.78. The van der Waals surface area contributed by atoms with Crippen LogP contribution in [0.3, 0.4) is 0 Å². The van der Waals surface area contributed by atoms with Crippen LogP contribution in [-0.4, -0.2) is 11.6 Å². The summed E-state index contributed by atoms with van der Waals surface area (Å²) in [6, 6.07) is 11.6. The van der Waals surface area contributed by atoms with Crippen molar-refractivity contribution in [1.29, 1.82) is 10.5 Å². The van der Waals surface area contributed by atoms with Gasteiger partial charge in [-0.05, 0) is 19.4 Å². The van der Waals surface area contributed by atoms with Crippen LogP contribution in [0.4, 0.5) is 5.82 Å². The van der Waals surface area contributed by atoms with E-state index in [1.807, 2.05) is 37.3 Å². The highest BCUT2D eigenvalue weighted by atomic mass is 16.5. The smallest absolute Gasteiger partial charge is 0.234 e. The summed E-state index contributed by atoms with van der Waals surface area (Å²) < 4.78 is 5.37. The van der Waals surface area contributed by atoms with E-state index in [0.29, 0.717) is 12.2 Å². The van der Waals surface area contributed by atoms with Gasteiger partial charge in [-0.1, -0.05) is 29.8 Å². The SMILES string of the molecule is CCOc1nc(N)c(C#N)c(-c2ccc(C)cc2)c1C#N. The maximum Gasteiger partial charge on any atom is 0.234 e. The number of aromatic nitrogens is 1. The molecule has 0 aliphatic heterocycles. The molecule has 2 aromatic rings. The van der Waals surface area contributed by atoms with Crippen LogP contribution in [0.15, 0.2) is 24.3 Å². The van der Waals surface area contributed by atoms with Gasteiger partial charge in [0.25, 0.3) is 0 Å². The molecular weight excluding hydrogens is 264 g/mol. The Morgan fingerprint density at radius 1 is 1.14 bits per heavy atom. The van der Waals surface area contributed by atoms with Crippen molar-refractivity contribution in [2.24, 2.45) is 0 Å². The van der Waals surface area contributed by atoms with Gasteiger partial charge in [-0.25, -0.2) is 0 Å². The molecule has 2 N–H and O–H groups in total. The van der Waals surface area contributed by atoms with E-state index >= 15 is 0 Å². The van der Waals surface area contributed by atoms with Gasteiger partial charge in [-0.15, -0.1) is 0 Å². The van der Waals surface area contributed by atoms with E-state index in [0.717, 1.165) is 11.1 Å². The number of nitrogens with zero attached hydrogens (tertiary/aromatic N) is 3. The van der Waals surface area contributed by atoms with Crippen LogP contribution < -0.4 is 10.5 Å². The lowest BCUT2D eigenvalue weighted by molar-refractivity contribution is 0.326. The van der Waals surface area contributed by atoms with E-state index in [2.05, 4.69) is 11.1 Å². The van der Waals surface area contributed by atoms with Crippen LogP contribution >= 0.6 is 0 Å². The van der Waals surface area contributed by atoms with Crippen LogP contribution in [0.25, 0.3) is 11.1 Å². The Morgan fingerprint density at radius 3 is 2.29 bits per heavy atom. The number of pyridine rings is 1. The summed E-state index contributed by atoms with van der Waals surface area (Å²) in [5.41, 5.74) is 8.55. The molecular formula is C16H14N4O. The predicted molar refractivity (Wildman–Crippen MR) is 79.4 cm³/mol. The molecule has 104 valence electrons. The second kappa shape index (κ2) is 5.94. The van der Waals surface area contributed by atoms with Gasteiger partial charge in [0.2, 0.25) is 5.88 Å². The first-order chi connectivity index (χ1) is 10.1. The summed E-state index contributed by atoms with van der Waals surface area (Å²) in [5.74, 6) is 0.225. The van der Waals surface area contributed by atoms with Gasteiger partial charge in [-0.3, -0.25) is 0 Å². The molecule has 0 aliphatic carbocycles. The normalized spacial score (nSPS) is 9.71. The Morgan fingerprint density at radius 2 is 1.76 bits per heavy atom. The van der Waals surface area contributed by atoms with Crippen molar-refractivity contribution in [3.63, 3.8) is 0 Å². The zero-order valence-electron chi connectivity index (χ0n) is 11.8. The highest BCUT2D eigenvalue weighted by Crippen LogP contribution is 2.35. The number of nitrogens with two attached hydrogens (primary N) is 1. The van der Waals surface area contributed by atoms with Crippen LogP contribution in [-0.2, 0) is 0 Å². The monoisotopic (exact) mass is 278 g/mol. The zero-order chi connectivity index (χ0) is 15.4. The molecule has 2 rings (SSSR count). The highest BCUT2D eigenvalue weighted by Gasteiger charge is 2.20. The van der Waals surface area contributed by atoms with Crippen molar-refractivity contribution < 1.29 is 4.74 Å². The Kier molecular flexibility index (Phi) is 4.06. The number of hydrogen-bond acceptors (Lipinski definition) is 5. The molecule has 0 saturated carbocycles. The van der Waals surface area contributed by atoms with E-state index < -0.39 is 0 Å². The van der Waals surface area contributed by atoms with E-state index in [-0.39, 0.29) is 22.8 Å². The summed E-state index contributed by atoms with van der Waals surface area (Å²) in [4.78, 5) is 4.02. The maximum atomic E-state index is 9.43. The fraction of sp³-hybridized carbons (Fsp3) is 0.188. The maximum absolute atomic E-state index is 9.43. The quantitative estimate of drug-likeness (QED) is 0.931. The van der Waals surface area contributed by atoms with Crippen LogP contribution in [0, 0.1) is 29.6 Å².